The lowest BCUT2D eigenvalue weighted by Gasteiger charge is -2.33. The third kappa shape index (κ3) is 3.33. The lowest BCUT2D eigenvalue weighted by atomic mass is 10.2. The minimum atomic E-state index is 0.492. The quantitative estimate of drug-likeness (QED) is 0.805. The van der Waals surface area contributed by atoms with Crippen LogP contribution in [0.4, 0.5) is 17.3 Å². The molecule has 0 aromatic carbocycles. The molecule has 1 saturated heterocycles. The largest absolute Gasteiger partial charge is 0.354 e. The van der Waals surface area contributed by atoms with Gasteiger partial charge in [0.25, 0.3) is 0 Å². The van der Waals surface area contributed by atoms with Gasteiger partial charge in [0.15, 0.2) is 5.82 Å². The van der Waals surface area contributed by atoms with E-state index in [-0.39, 0.29) is 0 Å². The fourth-order valence-corrected chi connectivity index (χ4v) is 2.66. The molecule has 3 N–H and O–H groups in total. The van der Waals surface area contributed by atoms with Gasteiger partial charge in [-0.3, -0.25) is 5.10 Å². The molecule has 3 rings (SSSR count). The van der Waals surface area contributed by atoms with Crippen molar-refractivity contribution in [1.29, 1.82) is 0 Å². The van der Waals surface area contributed by atoms with E-state index in [1.54, 1.807) is 0 Å². The zero-order valence-corrected chi connectivity index (χ0v) is 12.8. The van der Waals surface area contributed by atoms with E-state index in [4.69, 9.17) is 0 Å². The van der Waals surface area contributed by atoms with Crippen molar-refractivity contribution in [2.45, 2.75) is 26.8 Å². The first-order valence-electron chi connectivity index (χ1n) is 7.36. The van der Waals surface area contributed by atoms with Crippen molar-refractivity contribution in [3.8, 4) is 0 Å². The Labute approximate surface area is 125 Å². The minimum Gasteiger partial charge on any atom is -0.354 e. The summed E-state index contributed by atoms with van der Waals surface area (Å²) in [7, 11) is 0. The summed E-state index contributed by atoms with van der Waals surface area (Å²) in [5.41, 5.74) is 3.07. The summed E-state index contributed by atoms with van der Waals surface area (Å²) in [6.07, 6.45) is 0. The molecule has 1 aliphatic heterocycles. The highest BCUT2D eigenvalue weighted by atomic mass is 15.2. The van der Waals surface area contributed by atoms with Gasteiger partial charge in [0.2, 0.25) is 0 Å². The van der Waals surface area contributed by atoms with Crippen LogP contribution in [0, 0.1) is 13.8 Å². The van der Waals surface area contributed by atoms with Crippen molar-refractivity contribution < 1.29 is 0 Å². The highest BCUT2D eigenvalue weighted by molar-refractivity contribution is 5.61. The molecule has 2 aromatic heterocycles. The maximum Gasteiger partial charge on any atom is 0.152 e. The molecule has 0 spiro atoms. The number of aryl methyl sites for hydroxylation is 2. The molecule has 0 bridgehead atoms. The summed E-state index contributed by atoms with van der Waals surface area (Å²) in [5, 5.41) is 13.9. The van der Waals surface area contributed by atoms with Crippen molar-refractivity contribution in [2.75, 3.05) is 29.9 Å². The van der Waals surface area contributed by atoms with Gasteiger partial charge >= 0.3 is 0 Å². The predicted molar refractivity (Wildman–Crippen MR) is 85.3 cm³/mol. The van der Waals surface area contributed by atoms with Gasteiger partial charge < -0.3 is 15.5 Å². The molecular weight excluding hydrogens is 264 g/mol. The molecule has 3 heterocycles. The molecule has 6 nitrogen and oxygen atoms in total. The van der Waals surface area contributed by atoms with Crippen molar-refractivity contribution in [1.82, 2.24) is 20.5 Å². The van der Waals surface area contributed by atoms with Gasteiger partial charge in [-0.1, -0.05) is 0 Å². The van der Waals surface area contributed by atoms with Crippen LogP contribution in [-0.2, 0) is 0 Å². The Morgan fingerprint density at radius 3 is 2.86 bits per heavy atom. The molecule has 0 amide bonds. The highest BCUT2D eigenvalue weighted by Crippen LogP contribution is 2.22. The molecule has 6 heteroatoms. The number of piperazine rings is 1. The van der Waals surface area contributed by atoms with Gasteiger partial charge in [-0.25, -0.2) is 4.98 Å². The number of H-pyrrole nitrogens is 1. The first kappa shape index (κ1) is 13.9. The van der Waals surface area contributed by atoms with E-state index in [0.717, 1.165) is 48.3 Å². The van der Waals surface area contributed by atoms with E-state index in [1.165, 1.54) is 0 Å². The van der Waals surface area contributed by atoms with Crippen LogP contribution in [0.3, 0.4) is 0 Å². The molecule has 0 unspecified atom stereocenters. The predicted octanol–water partition coefficient (Wildman–Crippen LogP) is 1.96. The van der Waals surface area contributed by atoms with Gasteiger partial charge in [-0.15, -0.1) is 0 Å². The number of rotatable bonds is 3. The summed E-state index contributed by atoms with van der Waals surface area (Å²) in [5.74, 6) is 1.86. The number of anilines is 3. The van der Waals surface area contributed by atoms with Gasteiger partial charge in [0, 0.05) is 54.9 Å². The second-order valence-corrected chi connectivity index (χ2v) is 5.72. The average Bonchev–Trinajstić information content (AvgIpc) is 2.83. The summed E-state index contributed by atoms with van der Waals surface area (Å²) in [4.78, 5) is 7.00. The van der Waals surface area contributed by atoms with Crippen molar-refractivity contribution in [3.63, 3.8) is 0 Å². The van der Waals surface area contributed by atoms with Crippen molar-refractivity contribution in [3.05, 3.63) is 29.6 Å². The average molecular weight is 286 g/mol. The number of nitrogens with one attached hydrogen (secondary N) is 3. The summed E-state index contributed by atoms with van der Waals surface area (Å²) in [6, 6.07) is 6.61. The number of hydrogen-bond acceptors (Lipinski definition) is 5. The second-order valence-electron chi connectivity index (χ2n) is 5.72. The van der Waals surface area contributed by atoms with E-state index in [9.17, 15) is 0 Å². The van der Waals surface area contributed by atoms with Crippen molar-refractivity contribution in [2.24, 2.45) is 0 Å². The van der Waals surface area contributed by atoms with Gasteiger partial charge in [-0.2, -0.15) is 5.10 Å². The van der Waals surface area contributed by atoms with Gasteiger partial charge in [0.1, 0.15) is 5.82 Å². The Morgan fingerprint density at radius 2 is 2.14 bits per heavy atom. The molecule has 1 fully saturated rings. The molecular formula is C15H22N6. The minimum absolute atomic E-state index is 0.492. The maximum atomic E-state index is 4.67. The normalized spacial score (nSPS) is 18.8. The number of nitrogens with zero attached hydrogens (tertiary/aromatic N) is 3. The fraction of sp³-hybridized carbons (Fsp3) is 0.467. The summed E-state index contributed by atoms with van der Waals surface area (Å²) < 4.78 is 0. The van der Waals surface area contributed by atoms with Gasteiger partial charge in [0.05, 0.1) is 0 Å². The van der Waals surface area contributed by atoms with Crippen LogP contribution in [0.1, 0.15) is 18.3 Å². The van der Waals surface area contributed by atoms with E-state index in [1.807, 2.05) is 26.0 Å². The smallest absolute Gasteiger partial charge is 0.152 e. The topological polar surface area (TPSA) is 68.9 Å². The number of hydrogen-bond donors (Lipinski definition) is 3. The molecule has 112 valence electrons. The third-order valence-corrected chi connectivity index (χ3v) is 3.61. The van der Waals surface area contributed by atoms with E-state index in [0.29, 0.717) is 6.04 Å². The Hall–Kier alpha value is -2.08. The van der Waals surface area contributed by atoms with Crippen LogP contribution in [0.2, 0.25) is 0 Å². The maximum absolute atomic E-state index is 4.67. The Morgan fingerprint density at radius 1 is 1.29 bits per heavy atom. The van der Waals surface area contributed by atoms with Crippen LogP contribution in [0.5, 0.6) is 0 Å². The molecule has 0 saturated carbocycles. The Balaban J connectivity index is 1.82. The zero-order valence-electron chi connectivity index (χ0n) is 12.8. The first-order chi connectivity index (χ1) is 10.1. The SMILES string of the molecule is Cc1cc(Nc2cc(C)[nH]n2)cc(N2CCN[C@@H](C)C2)n1. The molecule has 1 aliphatic rings. The molecule has 2 aromatic rings. The van der Waals surface area contributed by atoms with Crippen molar-refractivity contribution >= 4 is 17.3 Å². The fourth-order valence-electron chi connectivity index (χ4n) is 2.66. The van der Waals surface area contributed by atoms with Crippen LogP contribution in [0.15, 0.2) is 18.2 Å². The van der Waals surface area contributed by atoms with E-state index in [2.05, 4.69) is 43.7 Å². The lowest BCUT2D eigenvalue weighted by molar-refractivity contribution is 0.482. The molecule has 21 heavy (non-hydrogen) atoms. The summed E-state index contributed by atoms with van der Waals surface area (Å²) in [6.45, 7) is 9.19. The number of pyridine rings is 1. The highest BCUT2D eigenvalue weighted by Gasteiger charge is 2.17. The number of aromatic nitrogens is 3. The zero-order chi connectivity index (χ0) is 14.8. The molecule has 1 atom stereocenters. The van der Waals surface area contributed by atoms with E-state index < -0.39 is 0 Å². The van der Waals surface area contributed by atoms with Gasteiger partial charge in [-0.05, 0) is 26.8 Å². The number of aromatic amines is 1. The second kappa shape index (κ2) is 5.73. The Kier molecular flexibility index (Phi) is 3.79. The molecule has 0 radical (unpaired) electrons. The van der Waals surface area contributed by atoms with Crippen LogP contribution in [0.25, 0.3) is 0 Å². The monoisotopic (exact) mass is 286 g/mol. The first-order valence-corrected chi connectivity index (χ1v) is 7.36. The van der Waals surface area contributed by atoms with Crippen LogP contribution >= 0.6 is 0 Å². The van der Waals surface area contributed by atoms with Crippen LogP contribution in [-0.4, -0.2) is 40.9 Å². The summed E-state index contributed by atoms with van der Waals surface area (Å²) >= 11 is 0. The molecule has 0 aliphatic carbocycles. The standard InChI is InChI=1S/C15H22N6/c1-10-6-13(18-14-7-11(2)19-20-14)8-15(17-10)21-5-4-16-12(3)9-21/h6-8,12,16H,4-5,9H2,1-3H3,(H2,17,18,19,20)/t12-/m0/s1. The van der Waals surface area contributed by atoms with E-state index >= 15 is 0 Å². The van der Waals surface area contributed by atoms with Crippen LogP contribution < -0.4 is 15.5 Å². The lowest BCUT2D eigenvalue weighted by Crippen LogP contribution is -2.49. The Bertz CT molecular complexity index is 620. The third-order valence-electron chi connectivity index (χ3n) is 3.61.